The fourth-order valence-corrected chi connectivity index (χ4v) is 2.48. The van der Waals surface area contributed by atoms with E-state index in [1.54, 1.807) is 16.5 Å². The number of amides is 2. The first-order chi connectivity index (χ1) is 9.74. The zero-order valence-electron chi connectivity index (χ0n) is 13.2. The highest BCUT2D eigenvalue weighted by molar-refractivity contribution is 5.98. The molecule has 1 aliphatic rings. The molecule has 0 aromatic carbocycles. The second-order valence-electron chi connectivity index (χ2n) is 5.64. The third kappa shape index (κ3) is 2.92. The minimum atomic E-state index is -1.04. The molecule has 116 valence electrons. The number of aromatic nitrogens is 2. The maximum atomic E-state index is 12.6. The molecule has 1 aromatic rings. The van der Waals surface area contributed by atoms with Crippen molar-refractivity contribution in [2.45, 2.75) is 33.3 Å². The van der Waals surface area contributed by atoms with E-state index in [1.165, 1.54) is 6.92 Å². The Morgan fingerprint density at radius 3 is 2.57 bits per heavy atom. The zero-order valence-corrected chi connectivity index (χ0v) is 13.2. The van der Waals surface area contributed by atoms with Gasteiger partial charge >= 0.3 is 0 Å². The van der Waals surface area contributed by atoms with Gasteiger partial charge in [0.05, 0.1) is 30.2 Å². The Kier molecular flexibility index (Phi) is 4.04. The number of nitrogens with zero attached hydrogens (tertiary/aromatic N) is 3. The molecule has 2 rings (SSSR count). The van der Waals surface area contributed by atoms with Gasteiger partial charge in [-0.25, -0.2) is 0 Å². The molecule has 7 heteroatoms. The number of morpholine rings is 1. The van der Waals surface area contributed by atoms with E-state index in [0.29, 0.717) is 18.8 Å². The summed E-state index contributed by atoms with van der Waals surface area (Å²) in [5.41, 5.74) is 1.29. The maximum Gasteiger partial charge on any atom is 0.258 e. The molecule has 21 heavy (non-hydrogen) atoms. The molecule has 2 amide bonds. The monoisotopic (exact) mass is 294 g/mol. The quantitative estimate of drug-likeness (QED) is 0.867. The molecule has 1 atom stereocenters. The minimum Gasteiger partial charge on any atom is -0.362 e. The number of carbonyl (C=O) groups is 2. The zero-order chi connectivity index (χ0) is 15.8. The highest BCUT2D eigenvalue weighted by Crippen LogP contribution is 2.23. The van der Waals surface area contributed by atoms with E-state index in [1.807, 2.05) is 20.9 Å². The van der Waals surface area contributed by atoms with Crippen molar-refractivity contribution in [3.63, 3.8) is 0 Å². The van der Waals surface area contributed by atoms with Crippen molar-refractivity contribution in [1.82, 2.24) is 14.7 Å². The summed E-state index contributed by atoms with van der Waals surface area (Å²) in [6.07, 6.45) is 0. The van der Waals surface area contributed by atoms with Crippen LogP contribution in [0.2, 0.25) is 0 Å². The Bertz CT molecular complexity index is 581. The van der Waals surface area contributed by atoms with Gasteiger partial charge in [-0.15, -0.1) is 0 Å². The third-order valence-corrected chi connectivity index (χ3v) is 3.95. The average Bonchev–Trinajstić information content (AvgIpc) is 2.65. The van der Waals surface area contributed by atoms with Crippen LogP contribution in [-0.2, 0) is 21.4 Å². The molecule has 0 saturated carbocycles. The van der Waals surface area contributed by atoms with Gasteiger partial charge < -0.3 is 15.0 Å². The van der Waals surface area contributed by atoms with E-state index in [4.69, 9.17) is 4.74 Å². The standard InChI is InChI=1S/C14H22N4O3/c1-9-12(10(2)17(5)16-9)15-13(20)14(4)8-18(11(3)19)6-7-21-14/h6-8H2,1-5H3,(H,15,20)/t14-/m1/s1. The lowest BCUT2D eigenvalue weighted by Gasteiger charge is -2.38. The van der Waals surface area contributed by atoms with Crippen LogP contribution in [0.15, 0.2) is 0 Å². The molecule has 0 spiro atoms. The summed E-state index contributed by atoms with van der Waals surface area (Å²) >= 11 is 0. The molecule has 2 heterocycles. The first kappa shape index (κ1) is 15.5. The van der Waals surface area contributed by atoms with Gasteiger partial charge in [-0.05, 0) is 20.8 Å². The first-order valence-electron chi connectivity index (χ1n) is 6.96. The van der Waals surface area contributed by atoms with Crippen LogP contribution in [-0.4, -0.2) is 51.8 Å². The second-order valence-corrected chi connectivity index (χ2v) is 5.64. The highest BCUT2D eigenvalue weighted by Gasteiger charge is 2.40. The number of rotatable bonds is 2. The highest BCUT2D eigenvalue weighted by atomic mass is 16.5. The van der Waals surface area contributed by atoms with E-state index in [9.17, 15) is 9.59 Å². The third-order valence-electron chi connectivity index (χ3n) is 3.95. The van der Waals surface area contributed by atoms with Crippen molar-refractivity contribution < 1.29 is 14.3 Å². The molecule has 0 radical (unpaired) electrons. The van der Waals surface area contributed by atoms with Crippen LogP contribution in [0.3, 0.4) is 0 Å². The van der Waals surface area contributed by atoms with Crippen molar-refractivity contribution in [2.24, 2.45) is 7.05 Å². The fourth-order valence-electron chi connectivity index (χ4n) is 2.48. The molecular weight excluding hydrogens is 272 g/mol. The molecule has 1 aliphatic heterocycles. The van der Waals surface area contributed by atoms with E-state index < -0.39 is 5.60 Å². The van der Waals surface area contributed by atoms with Gasteiger partial charge in [-0.3, -0.25) is 14.3 Å². The fraction of sp³-hybridized carbons (Fsp3) is 0.643. The number of ether oxygens (including phenoxy) is 1. The van der Waals surface area contributed by atoms with Gasteiger partial charge in [0.2, 0.25) is 5.91 Å². The van der Waals surface area contributed by atoms with Crippen molar-refractivity contribution in [3.05, 3.63) is 11.4 Å². The lowest BCUT2D eigenvalue weighted by Crippen LogP contribution is -2.57. The van der Waals surface area contributed by atoms with E-state index in [-0.39, 0.29) is 18.4 Å². The van der Waals surface area contributed by atoms with Gasteiger partial charge in [-0.2, -0.15) is 5.10 Å². The molecule has 0 aliphatic carbocycles. The Hall–Kier alpha value is -1.89. The smallest absolute Gasteiger partial charge is 0.258 e. The Balaban J connectivity index is 2.17. The number of aryl methyl sites for hydroxylation is 2. The molecule has 1 aromatic heterocycles. The van der Waals surface area contributed by atoms with Crippen molar-refractivity contribution >= 4 is 17.5 Å². The van der Waals surface area contributed by atoms with Crippen molar-refractivity contribution in [1.29, 1.82) is 0 Å². The van der Waals surface area contributed by atoms with Crippen LogP contribution in [0.25, 0.3) is 0 Å². The summed E-state index contributed by atoms with van der Waals surface area (Å²) in [6.45, 7) is 8.07. The number of hydrogen-bond acceptors (Lipinski definition) is 4. The summed E-state index contributed by atoms with van der Waals surface area (Å²) in [4.78, 5) is 25.7. The summed E-state index contributed by atoms with van der Waals surface area (Å²) in [7, 11) is 1.83. The molecular formula is C14H22N4O3. The van der Waals surface area contributed by atoms with Crippen molar-refractivity contribution in [2.75, 3.05) is 25.0 Å². The number of hydrogen-bond donors (Lipinski definition) is 1. The van der Waals surface area contributed by atoms with Gasteiger partial charge in [0, 0.05) is 20.5 Å². The largest absolute Gasteiger partial charge is 0.362 e. The predicted molar refractivity (Wildman–Crippen MR) is 77.9 cm³/mol. The Morgan fingerprint density at radius 2 is 2.05 bits per heavy atom. The van der Waals surface area contributed by atoms with E-state index in [0.717, 1.165) is 11.4 Å². The van der Waals surface area contributed by atoms with Gasteiger partial charge in [0.15, 0.2) is 5.60 Å². The molecule has 1 fully saturated rings. The van der Waals surface area contributed by atoms with Crippen LogP contribution >= 0.6 is 0 Å². The topological polar surface area (TPSA) is 76.5 Å². The number of anilines is 1. The summed E-state index contributed by atoms with van der Waals surface area (Å²) in [6, 6.07) is 0. The Morgan fingerprint density at radius 1 is 1.38 bits per heavy atom. The molecule has 1 N–H and O–H groups in total. The van der Waals surface area contributed by atoms with Gasteiger partial charge in [-0.1, -0.05) is 0 Å². The number of carbonyl (C=O) groups excluding carboxylic acids is 2. The van der Waals surface area contributed by atoms with Gasteiger partial charge in [0.1, 0.15) is 0 Å². The van der Waals surface area contributed by atoms with Crippen LogP contribution in [0.5, 0.6) is 0 Å². The molecule has 1 saturated heterocycles. The first-order valence-corrected chi connectivity index (χ1v) is 6.96. The van der Waals surface area contributed by atoms with Crippen LogP contribution in [0.1, 0.15) is 25.2 Å². The second kappa shape index (κ2) is 5.48. The predicted octanol–water partition coefficient (Wildman–Crippen LogP) is 0.613. The lowest BCUT2D eigenvalue weighted by atomic mass is 10.0. The minimum absolute atomic E-state index is 0.0499. The lowest BCUT2D eigenvalue weighted by molar-refractivity contribution is -0.158. The number of nitrogens with one attached hydrogen (secondary N) is 1. The van der Waals surface area contributed by atoms with Crippen LogP contribution in [0.4, 0.5) is 5.69 Å². The maximum absolute atomic E-state index is 12.6. The summed E-state index contributed by atoms with van der Waals surface area (Å²) in [5, 5.41) is 7.16. The van der Waals surface area contributed by atoms with Crippen LogP contribution < -0.4 is 5.32 Å². The molecule has 7 nitrogen and oxygen atoms in total. The van der Waals surface area contributed by atoms with Gasteiger partial charge in [0.25, 0.3) is 5.91 Å². The van der Waals surface area contributed by atoms with E-state index >= 15 is 0 Å². The molecule has 0 unspecified atom stereocenters. The van der Waals surface area contributed by atoms with Crippen LogP contribution in [0, 0.1) is 13.8 Å². The Labute approximate surface area is 124 Å². The average molecular weight is 294 g/mol. The summed E-state index contributed by atoms with van der Waals surface area (Å²) in [5.74, 6) is -0.307. The normalized spacial score (nSPS) is 22.2. The SMILES string of the molecule is CC(=O)N1CCO[C@@](C)(C(=O)Nc2c(C)nn(C)c2C)C1. The van der Waals surface area contributed by atoms with E-state index in [2.05, 4.69) is 10.4 Å². The molecule has 0 bridgehead atoms. The van der Waals surface area contributed by atoms with Crippen molar-refractivity contribution in [3.8, 4) is 0 Å². The summed E-state index contributed by atoms with van der Waals surface area (Å²) < 4.78 is 7.35.